The van der Waals surface area contributed by atoms with Gasteiger partial charge in [0.15, 0.2) is 5.96 Å². The van der Waals surface area contributed by atoms with Crippen LogP contribution in [0.1, 0.15) is 23.9 Å². The van der Waals surface area contributed by atoms with Crippen molar-refractivity contribution in [3.05, 3.63) is 77.7 Å². The molecule has 0 aliphatic carbocycles. The number of nitrogens with zero attached hydrogens (tertiary/aromatic N) is 4. The maximum Gasteiger partial charge on any atom is 0.194 e. The average Bonchev–Trinajstić information content (AvgIpc) is 3.31. The van der Waals surface area contributed by atoms with Crippen LogP contribution in [0.15, 0.2) is 65.8 Å². The highest BCUT2D eigenvalue weighted by molar-refractivity contribution is 5.79. The molecule has 33 heavy (non-hydrogen) atoms. The number of morpholine rings is 1. The quantitative estimate of drug-likeness (QED) is 0.409. The fourth-order valence-corrected chi connectivity index (χ4v) is 3.99. The van der Waals surface area contributed by atoms with E-state index in [-0.39, 0.29) is 0 Å². The first-order valence-electron chi connectivity index (χ1n) is 11.7. The molecule has 2 N–H and O–H groups in total. The van der Waals surface area contributed by atoms with E-state index in [4.69, 9.17) is 9.73 Å². The molecule has 1 aliphatic rings. The third kappa shape index (κ3) is 6.66. The molecule has 0 radical (unpaired) electrons. The molecule has 3 aromatic rings. The summed E-state index contributed by atoms with van der Waals surface area (Å²) in [7, 11) is 2.04. The molecule has 1 aliphatic heterocycles. The summed E-state index contributed by atoms with van der Waals surface area (Å²) in [6.07, 6.45) is 1.89. The fraction of sp³-hybridized carbons (Fsp3) is 0.385. The Morgan fingerprint density at radius 2 is 1.91 bits per heavy atom. The molecule has 4 rings (SSSR count). The maximum absolute atomic E-state index is 5.46. The van der Waals surface area contributed by atoms with Gasteiger partial charge < -0.3 is 19.9 Å². The number of hydrogen-bond donors (Lipinski definition) is 2. The molecule has 2 aromatic carbocycles. The molecule has 7 nitrogen and oxygen atoms in total. The summed E-state index contributed by atoms with van der Waals surface area (Å²) in [6, 6.07) is 19.0. The van der Waals surface area contributed by atoms with Crippen LogP contribution in [0.5, 0.6) is 0 Å². The van der Waals surface area contributed by atoms with Crippen molar-refractivity contribution in [1.82, 2.24) is 25.1 Å². The Hall–Kier alpha value is -3.16. The van der Waals surface area contributed by atoms with E-state index in [9.17, 15) is 0 Å². The predicted molar refractivity (Wildman–Crippen MR) is 133 cm³/mol. The Balaban J connectivity index is 1.39. The first-order valence-corrected chi connectivity index (χ1v) is 11.7. The Morgan fingerprint density at radius 3 is 2.70 bits per heavy atom. The summed E-state index contributed by atoms with van der Waals surface area (Å²) in [4.78, 5) is 17.4. The monoisotopic (exact) mass is 446 g/mol. The molecule has 0 amide bonds. The minimum atomic E-state index is 0.636. The Kier molecular flexibility index (Phi) is 8.11. The van der Waals surface area contributed by atoms with Gasteiger partial charge in [0, 0.05) is 33.2 Å². The van der Waals surface area contributed by atoms with Crippen LogP contribution in [0.4, 0.5) is 0 Å². The van der Waals surface area contributed by atoms with E-state index in [1.165, 1.54) is 11.1 Å². The molecule has 1 fully saturated rings. The highest BCUT2D eigenvalue weighted by atomic mass is 16.5. The van der Waals surface area contributed by atoms with Crippen LogP contribution in [0, 0.1) is 0 Å². The topological polar surface area (TPSA) is 68.8 Å². The lowest BCUT2D eigenvalue weighted by molar-refractivity contribution is 0.0342. The van der Waals surface area contributed by atoms with E-state index in [1.807, 2.05) is 31.4 Å². The van der Waals surface area contributed by atoms with Crippen LogP contribution >= 0.6 is 0 Å². The molecule has 7 heteroatoms. The normalized spacial score (nSPS) is 14.9. The largest absolute Gasteiger partial charge is 0.379 e. The summed E-state index contributed by atoms with van der Waals surface area (Å²) >= 11 is 0. The molecule has 0 saturated carbocycles. The SMILES string of the molecule is CCNC(=NCc1cccc(CN2CCOCC2)c1)N(C)Cc1ncc(-c2ccccc2)[nH]1. The van der Waals surface area contributed by atoms with Gasteiger partial charge in [0.05, 0.1) is 38.2 Å². The standard InChI is InChI=1S/C26H34N6O/c1-3-27-26(31(2)20-25-28-18-24(30-25)23-10-5-4-6-11-23)29-17-21-8-7-9-22(16-21)19-32-12-14-33-15-13-32/h4-11,16,18H,3,12-15,17,19-20H2,1-2H3,(H,27,29)(H,28,30). The summed E-state index contributed by atoms with van der Waals surface area (Å²) in [5.41, 5.74) is 4.70. The zero-order chi connectivity index (χ0) is 22.9. The summed E-state index contributed by atoms with van der Waals surface area (Å²) in [5, 5.41) is 3.40. The fourth-order valence-electron chi connectivity index (χ4n) is 3.99. The van der Waals surface area contributed by atoms with Crippen molar-refractivity contribution in [2.24, 2.45) is 4.99 Å². The number of rotatable bonds is 8. The highest BCUT2D eigenvalue weighted by Gasteiger charge is 2.12. The van der Waals surface area contributed by atoms with E-state index in [0.717, 1.165) is 62.4 Å². The van der Waals surface area contributed by atoms with Crippen LogP contribution in [0.25, 0.3) is 11.3 Å². The lowest BCUT2D eigenvalue weighted by atomic mass is 10.1. The van der Waals surface area contributed by atoms with E-state index in [0.29, 0.717) is 13.1 Å². The molecule has 0 unspecified atom stereocenters. The Morgan fingerprint density at radius 1 is 1.12 bits per heavy atom. The van der Waals surface area contributed by atoms with Gasteiger partial charge in [0.2, 0.25) is 0 Å². The molecular weight excluding hydrogens is 412 g/mol. The number of H-pyrrole nitrogens is 1. The van der Waals surface area contributed by atoms with Crippen LogP contribution < -0.4 is 5.32 Å². The number of benzene rings is 2. The van der Waals surface area contributed by atoms with E-state index in [1.54, 1.807) is 0 Å². The van der Waals surface area contributed by atoms with Gasteiger partial charge in [-0.2, -0.15) is 0 Å². The third-order valence-corrected chi connectivity index (χ3v) is 5.71. The van der Waals surface area contributed by atoms with Gasteiger partial charge in [-0.25, -0.2) is 9.98 Å². The number of nitrogens with one attached hydrogen (secondary N) is 2. The van der Waals surface area contributed by atoms with E-state index in [2.05, 4.69) is 68.4 Å². The highest BCUT2D eigenvalue weighted by Crippen LogP contribution is 2.17. The number of ether oxygens (including phenoxy) is 1. The number of hydrogen-bond acceptors (Lipinski definition) is 4. The number of aromatic amines is 1. The number of imidazole rings is 1. The molecular formula is C26H34N6O. The number of aromatic nitrogens is 2. The molecule has 174 valence electrons. The molecule has 1 saturated heterocycles. The van der Waals surface area contributed by atoms with Crippen LogP contribution in [0.3, 0.4) is 0 Å². The van der Waals surface area contributed by atoms with Crippen LogP contribution in [-0.4, -0.2) is 65.6 Å². The van der Waals surface area contributed by atoms with Crippen molar-refractivity contribution in [1.29, 1.82) is 0 Å². The van der Waals surface area contributed by atoms with Crippen molar-refractivity contribution in [3.8, 4) is 11.3 Å². The molecule has 0 spiro atoms. The molecule has 1 aromatic heterocycles. The van der Waals surface area contributed by atoms with Crippen LogP contribution in [-0.2, 0) is 24.4 Å². The minimum absolute atomic E-state index is 0.636. The molecule has 0 bridgehead atoms. The van der Waals surface area contributed by atoms with Gasteiger partial charge in [0.25, 0.3) is 0 Å². The minimum Gasteiger partial charge on any atom is -0.379 e. The molecule has 2 heterocycles. The van der Waals surface area contributed by atoms with Crippen molar-refractivity contribution in [3.63, 3.8) is 0 Å². The number of guanidine groups is 1. The second kappa shape index (κ2) is 11.6. The van der Waals surface area contributed by atoms with Crippen LogP contribution in [0.2, 0.25) is 0 Å². The van der Waals surface area contributed by atoms with Gasteiger partial charge in [0.1, 0.15) is 5.82 Å². The summed E-state index contributed by atoms with van der Waals surface area (Å²) in [5.74, 6) is 1.78. The smallest absolute Gasteiger partial charge is 0.194 e. The second-order valence-electron chi connectivity index (χ2n) is 8.34. The zero-order valence-electron chi connectivity index (χ0n) is 19.6. The van der Waals surface area contributed by atoms with Gasteiger partial charge in [-0.15, -0.1) is 0 Å². The van der Waals surface area contributed by atoms with Crippen molar-refractivity contribution >= 4 is 5.96 Å². The van der Waals surface area contributed by atoms with Gasteiger partial charge >= 0.3 is 0 Å². The first-order chi connectivity index (χ1) is 16.2. The number of aliphatic imine (C=N–C) groups is 1. The van der Waals surface area contributed by atoms with Crippen molar-refractivity contribution in [2.45, 2.75) is 26.6 Å². The lowest BCUT2D eigenvalue weighted by Crippen LogP contribution is -2.38. The zero-order valence-corrected chi connectivity index (χ0v) is 19.6. The molecule has 0 atom stereocenters. The van der Waals surface area contributed by atoms with Gasteiger partial charge in [-0.05, 0) is 23.6 Å². The lowest BCUT2D eigenvalue weighted by Gasteiger charge is -2.26. The van der Waals surface area contributed by atoms with Crippen molar-refractivity contribution < 1.29 is 4.74 Å². The van der Waals surface area contributed by atoms with Gasteiger partial charge in [-0.1, -0.05) is 54.6 Å². The summed E-state index contributed by atoms with van der Waals surface area (Å²) in [6.45, 7) is 8.79. The van der Waals surface area contributed by atoms with E-state index >= 15 is 0 Å². The van der Waals surface area contributed by atoms with Gasteiger partial charge in [-0.3, -0.25) is 4.90 Å². The van der Waals surface area contributed by atoms with Crippen molar-refractivity contribution in [2.75, 3.05) is 39.9 Å². The first kappa shape index (κ1) is 23.0. The van der Waals surface area contributed by atoms with E-state index < -0.39 is 0 Å². The predicted octanol–water partition coefficient (Wildman–Crippen LogP) is 3.51. The Bertz CT molecular complexity index is 1030. The maximum atomic E-state index is 5.46. The average molecular weight is 447 g/mol. The summed E-state index contributed by atoms with van der Waals surface area (Å²) < 4.78 is 5.46. The third-order valence-electron chi connectivity index (χ3n) is 5.71. The Labute approximate surface area is 196 Å². The second-order valence-corrected chi connectivity index (χ2v) is 8.34.